The van der Waals surface area contributed by atoms with Gasteiger partial charge in [0.2, 0.25) is 0 Å². The average Bonchev–Trinajstić information content (AvgIpc) is 2.50. The zero-order chi connectivity index (χ0) is 15.2. The Morgan fingerprint density at radius 3 is 2.48 bits per heavy atom. The van der Waals surface area contributed by atoms with Gasteiger partial charge in [-0.3, -0.25) is 0 Å². The van der Waals surface area contributed by atoms with E-state index in [1.54, 1.807) is 26.4 Å². The molecule has 0 unspecified atom stereocenters. The number of hydrogen-bond acceptors (Lipinski definition) is 3. The summed E-state index contributed by atoms with van der Waals surface area (Å²) in [5.41, 5.74) is 1.49. The summed E-state index contributed by atoms with van der Waals surface area (Å²) in [4.78, 5) is 0. The molecule has 0 aliphatic heterocycles. The Morgan fingerprint density at radius 1 is 1.05 bits per heavy atom. The zero-order valence-electron chi connectivity index (χ0n) is 12.0. The van der Waals surface area contributed by atoms with Crippen molar-refractivity contribution in [3.8, 4) is 11.5 Å². The van der Waals surface area contributed by atoms with Gasteiger partial charge in [-0.2, -0.15) is 0 Å². The molecule has 0 amide bonds. The molecule has 0 saturated heterocycles. The molecule has 1 N–H and O–H groups in total. The predicted octanol–water partition coefficient (Wildman–Crippen LogP) is 3.79. The second-order valence-electron chi connectivity index (χ2n) is 4.49. The molecule has 2 aromatic rings. The fourth-order valence-corrected chi connectivity index (χ4v) is 2.25. The molecule has 0 heterocycles. The number of halogens is 2. The third-order valence-electron chi connectivity index (χ3n) is 3.14. The molecule has 0 aliphatic rings. The van der Waals surface area contributed by atoms with Gasteiger partial charge in [-0.1, -0.05) is 23.7 Å². The number of ether oxygens (including phenoxy) is 2. The number of hydrogen-bond donors (Lipinski definition) is 1. The lowest BCUT2D eigenvalue weighted by Gasteiger charge is -2.11. The summed E-state index contributed by atoms with van der Waals surface area (Å²) in [6, 6.07) is 10.3. The van der Waals surface area contributed by atoms with Crippen LogP contribution in [0.5, 0.6) is 11.5 Å². The van der Waals surface area contributed by atoms with E-state index in [1.807, 2.05) is 18.2 Å². The van der Waals surface area contributed by atoms with Crippen molar-refractivity contribution in [2.75, 3.05) is 14.2 Å². The molecule has 0 radical (unpaired) electrons. The minimum Gasteiger partial charge on any atom is -0.493 e. The molecule has 112 valence electrons. The van der Waals surface area contributed by atoms with Crippen LogP contribution in [0.2, 0.25) is 5.02 Å². The van der Waals surface area contributed by atoms with Gasteiger partial charge in [0, 0.05) is 23.7 Å². The Balaban J connectivity index is 2.00. The molecular weight excluding hydrogens is 293 g/mol. The largest absolute Gasteiger partial charge is 0.493 e. The fraction of sp³-hybridized carbons (Fsp3) is 0.250. The molecule has 0 fully saturated rings. The SMILES string of the molecule is COc1ccc(CNCc2c(F)cccc2Cl)cc1OC. The molecule has 0 bridgehead atoms. The minimum atomic E-state index is -0.303. The smallest absolute Gasteiger partial charge is 0.161 e. The van der Waals surface area contributed by atoms with Crippen LogP contribution in [0.4, 0.5) is 4.39 Å². The average molecular weight is 310 g/mol. The first-order valence-corrected chi connectivity index (χ1v) is 6.88. The summed E-state index contributed by atoms with van der Waals surface area (Å²) < 4.78 is 24.1. The van der Waals surface area contributed by atoms with Gasteiger partial charge in [-0.15, -0.1) is 0 Å². The quantitative estimate of drug-likeness (QED) is 0.880. The lowest BCUT2D eigenvalue weighted by molar-refractivity contribution is 0.354. The second-order valence-corrected chi connectivity index (χ2v) is 4.90. The number of rotatable bonds is 6. The van der Waals surface area contributed by atoms with Crippen molar-refractivity contribution in [2.24, 2.45) is 0 Å². The Morgan fingerprint density at radius 2 is 1.81 bits per heavy atom. The molecule has 0 saturated carbocycles. The molecule has 2 rings (SSSR count). The first kappa shape index (κ1) is 15.6. The Bertz CT molecular complexity index is 599. The number of nitrogens with one attached hydrogen (secondary N) is 1. The lowest BCUT2D eigenvalue weighted by atomic mass is 10.1. The van der Waals surface area contributed by atoms with Gasteiger partial charge in [-0.25, -0.2) is 4.39 Å². The van der Waals surface area contributed by atoms with E-state index in [0.29, 0.717) is 35.2 Å². The van der Waals surface area contributed by atoms with Crippen molar-refractivity contribution in [1.29, 1.82) is 0 Å². The lowest BCUT2D eigenvalue weighted by Crippen LogP contribution is -2.14. The molecule has 0 spiro atoms. The van der Waals surface area contributed by atoms with Crippen molar-refractivity contribution in [2.45, 2.75) is 13.1 Å². The number of benzene rings is 2. The monoisotopic (exact) mass is 309 g/mol. The minimum absolute atomic E-state index is 0.303. The van der Waals surface area contributed by atoms with Crippen LogP contribution >= 0.6 is 11.6 Å². The van der Waals surface area contributed by atoms with E-state index in [1.165, 1.54) is 6.07 Å². The van der Waals surface area contributed by atoms with E-state index in [2.05, 4.69) is 5.32 Å². The van der Waals surface area contributed by atoms with Crippen molar-refractivity contribution >= 4 is 11.6 Å². The van der Waals surface area contributed by atoms with Gasteiger partial charge in [0.05, 0.1) is 14.2 Å². The highest BCUT2D eigenvalue weighted by atomic mass is 35.5. The summed E-state index contributed by atoms with van der Waals surface area (Å²) >= 11 is 5.98. The maximum atomic E-state index is 13.6. The maximum Gasteiger partial charge on any atom is 0.161 e. The second kappa shape index (κ2) is 7.29. The molecule has 3 nitrogen and oxygen atoms in total. The van der Waals surface area contributed by atoms with Crippen LogP contribution in [0.3, 0.4) is 0 Å². The maximum absolute atomic E-state index is 13.6. The molecule has 0 aliphatic carbocycles. The van der Waals surface area contributed by atoms with E-state index < -0.39 is 0 Å². The third kappa shape index (κ3) is 3.86. The Hall–Kier alpha value is -1.78. The van der Waals surface area contributed by atoms with Crippen molar-refractivity contribution < 1.29 is 13.9 Å². The Labute approximate surface area is 128 Å². The summed E-state index contributed by atoms with van der Waals surface area (Å²) in [7, 11) is 3.18. The van der Waals surface area contributed by atoms with Gasteiger partial charge in [0.25, 0.3) is 0 Å². The summed E-state index contributed by atoms with van der Waals surface area (Å²) in [5, 5.41) is 3.59. The highest BCUT2D eigenvalue weighted by Gasteiger charge is 2.07. The molecule has 5 heteroatoms. The van der Waals surface area contributed by atoms with Crippen molar-refractivity contribution in [3.05, 3.63) is 58.4 Å². The molecule has 21 heavy (non-hydrogen) atoms. The van der Waals surface area contributed by atoms with Gasteiger partial charge in [-0.05, 0) is 29.8 Å². The highest BCUT2D eigenvalue weighted by Crippen LogP contribution is 2.27. The van der Waals surface area contributed by atoms with E-state index in [9.17, 15) is 4.39 Å². The first-order valence-electron chi connectivity index (χ1n) is 6.50. The van der Waals surface area contributed by atoms with Crippen LogP contribution in [0.25, 0.3) is 0 Å². The van der Waals surface area contributed by atoms with Crippen LogP contribution in [0.1, 0.15) is 11.1 Å². The molecule has 0 atom stereocenters. The fourth-order valence-electron chi connectivity index (χ4n) is 2.02. The molecule has 2 aromatic carbocycles. The van der Waals surface area contributed by atoms with Crippen molar-refractivity contribution in [1.82, 2.24) is 5.32 Å². The van der Waals surface area contributed by atoms with Crippen LogP contribution in [0, 0.1) is 5.82 Å². The standard InChI is InChI=1S/C16H17ClFNO2/c1-20-15-7-6-11(8-16(15)21-2)9-19-10-12-13(17)4-3-5-14(12)18/h3-8,19H,9-10H2,1-2H3. The van der Waals surface area contributed by atoms with Gasteiger partial charge >= 0.3 is 0 Å². The van der Waals surface area contributed by atoms with Crippen LogP contribution in [-0.4, -0.2) is 14.2 Å². The van der Waals surface area contributed by atoms with E-state index >= 15 is 0 Å². The summed E-state index contributed by atoms with van der Waals surface area (Å²) in [6.45, 7) is 0.935. The van der Waals surface area contributed by atoms with Gasteiger partial charge < -0.3 is 14.8 Å². The van der Waals surface area contributed by atoms with E-state index in [-0.39, 0.29) is 5.82 Å². The van der Waals surface area contributed by atoms with Crippen LogP contribution in [0.15, 0.2) is 36.4 Å². The Kier molecular flexibility index (Phi) is 5.42. The highest BCUT2D eigenvalue weighted by molar-refractivity contribution is 6.31. The zero-order valence-corrected chi connectivity index (χ0v) is 12.7. The predicted molar refractivity (Wildman–Crippen MR) is 81.5 cm³/mol. The molecular formula is C16H17ClFNO2. The van der Waals surface area contributed by atoms with Crippen LogP contribution < -0.4 is 14.8 Å². The van der Waals surface area contributed by atoms with E-state index in [4.69, 9.17) is 21.1 Å². The van der Waals surface area contributed by atoms with Crippen LogP contribution in [-0.2, 0) is 13.1 Å². The van der Waals surface area contributed by atoms with Crippen molar-refractivity contribution in [3.63, 3.8) is 0 Å². The molecule has 0 aromatic heterocycles. The topological polar surface area (TPSA) is 30.5 Å². The van der Waals surface area contributed by atoms with E-state index in [0.717, 1.165) is 5.56 Å². The first-order chi connectivity index (χ1) is 10.2. The summed E-state index contributed by atoms with van der Waals surface area (Å²) in [5.74, 6) is 1.04. The summed E-state index contributed by atoms with van der Waals surface area (Å²) in [6.07, 6.45) is 0. The van der Waals surface area contributed by atoms with Gasteiger partial charge in [0.15, 0.2) is 11.5 Å². The van der Waals surface area contributed by atoms with Gasteiger partial charge in [0.1, 0.15) is 5.82 Å². The normalized spacial score (nSPS) is 10.5. The third-order valence-corrected chi connectivity index (χ3v) is 3.49. The number of methoxy groups -OCH3 is 2.